The lowest BCUT2D eigenvalue weighted by atomic mass is 10.2. The van der Waals surface area contributed by atoms with Crippen LogP contribution in [-0.2, 0) is 11.8 Å². The minimum atomic E-state index is -0.112. The molecular weight excluding hydrogens is 306 g/mol. The zero-order chi connectivity index (χ0) is 16.8. The van der Waals surface area contributed by atoms with Crippen molar-refractivity contribution in [3.8, 4) is 17.1 Å². The SMILES string of the molecule is Cn1nnnc1-c1cccc(NC(=O)CCOc2ccccc2)c1. The van der Waals surface area contributed by atoms with Gasteiger partial charge in [-0.05, 0) is 34.7 Å². The Bertz CT molecular complexity index is 817. The molecule has 1 aromatic heterocycles. The quantitative estimate of drug-likeness (QED) is 0.752. The van der Waals surface area contributed by atoms with Crippen molar-refractivity contribution in [2.45, 2.75) is 6.42 Å². The summed E-state index contributed by atoms with van der Waals surface area (Å²) in [4.78, 5) is 12.0. The van der Waals surface area contributed by atoms with Crippen molar-refractivity contribution in [2.75, 3.05) is 11.9 Å². The number of ether oxygens (including phenoxy) is 1. The monoisotopic (exact) mass is 323 g/mol. The lowest BCUT2D eigenvalue weighted by Crippen LogP contribution is -2.15. The lowest BCUT2D eigenvalue weighted by molar-refractivity contribution is -0.116. The number of carbonyl (C=O) groups excluding carboxylic acids is 1. The molecule has 0 radical (unpaired) electrons. The maximum atomic E-state index is 12.0. The van der Waals surface area contributed by atoms with Crippen LogP contribution < -0.4 is 10.1 Å². The number of tetrazole rings is 1. The van der Waals surface area contributed by atoms with E-state index < -0.39 is 0 Å². The van der Waals surface area contributed by atoms with Gasteiger partial charge in [-0.1, -0.05) is 30.3 Å². The van der Waals surface area contributed by atoms with E-state index in [-0.39, 0.29) is 12.3 Å². The molecule has 0 bridgehead atoms. The second-order valence-electron chi connectivity index (χ2n) is 5.17. The van der Waals surface area contributed by atoms with Gasteiger partial charge in [0.15, 0.2) is 5.82 Å². The van der Waals surface area contributed by atoms with Crippen molar-refractivity contribution in [3.63, 3.8) is 0 Å². The number of anilines is 1. The molecule has 0 aliphatic heterocycles. The Morgan fingerprint density at radius 2 is 2.00 bits per heavy atom. The van der Waals surface area contributed by atoms with E-state index in [1.807, 2.05) is 54.6 Å². The van der Waals surface area contributed by atoms with Gasteiger partial charge in [-0.15, -0.1) is 5.10 Å². The Hall–Kier alpha value is -3.22. The van der Waals surface area contributed by atoms with Crippen LogP contribution in [0.3, 0.4) is 0 Å². The molecule has 1 N–H and O–H groups in total. The van der Waals surface area contributed by atoms with Crippen LogP contribution in [0.5, 0.6) is 5.75 Å². The van der Waals surface area contributed by atoms with Crippen molar-refractivity contribution < 1.29 is 9.53 Å². The second kappa shape index (κ2) is 7.36. The van der Waals surface area contributed by atoms with Crippen molar-refractivity contribution in [1.29, 1.82) is 0 Å². The second-order valence-corrected chi connectivity index (χ2v) is 5.17. The Morgan fingerprint density at radius 1 is 1.17 bits per heavy atom. The molecule has 0 aliphatic rings. The van der Waals surface area contributed by atoms with Gasteiger partial charge in [0, 0.05) is 18.3 Å². The van der Waals surface area contributed by atoms with Gasteiger partial charge in [-0.25, -0.2) is 4.68 Å². The number of nitrogens with one attached hydrogen (secondary N) is 1. The maximum Gasteiger partial charge on any atom is 0.227 e. The number of aromatic nitrogens is 4. The first-order valence-electron chi connectivity index (χ1n) is 7.53. The Balaban J connectivity index is 1.56. The molecule has 0 saturated carbocycles. The molecule has 3 aromatic rings. The van der Waals surface area contributed by atoms with Gasteiger partial charge in [0.2, 0.25) is 5.91 Å². The first-order valence-corrected chi connectivity index (χ1v) is 7.53. The molecule has 0 aliphatic carbocycles. The van der Waals surface area contributed by atoms with E-state index in [0.717, 1.165) is 11.3 Å². The van der Waals surface area contributed by atoms with E-state index in [1.54, 1.807) is 11.7 Å². The van der Waals surface area contributed by atoms with Crippen LogP contribution in [0, 0.1) is 0 Å². The van der Waals surface area contributed by atoms with Crippen molar-refractivity contribution in [3.05, 3.63) is 54.6 Å². The number of carbonyl (C=O) groups is 1. The third kappa shape index (κ3) is 3.95. The predicted octanol–water partition coefficient (Wildman–Crippen LogP) is 2.28. The molecule has 24 heavy (non-hydrogen) atoms. The average Bonchev–Trinajstić information content (AvgIpc) is 3.02. The molecule has 1 amide bonds. The van der Waals surface area contributed by atoms with E-state index in [9.17, 15) is 4.79 Å². The summed E-state index contributed by atoms with van der Waals surface area (Å²) in [5, 5.41) is 14.2. The number of benzene rings is 2. The first-order chi connectivity index (χ1) is 11.7. The van der Waals surface area contributed by atoms with E-state index in [1.165, 1.54) is 0 Å². The summed E-state index contributed by atoms with van der Waals surface area (Å²) in [6.07, 6.45) is 0.268. The highest BCUT2D eigenvalue weighted by Gasteiger charge is 2.08. The normalized spacial score (nSPS) is 10.4. The van der Waals surface area contributed by atoms with Crippen molar-refractivity contribution in [2.24, 2.45) is 7.05 Å². The molecule has 0 unspecified atom stereocenters. The molecule has 2 aromatic carbocycles. The fourth-order valence-electron chi connectivity index (χ4n) is 2.21. The smallest absolute Gasteiger partial charge is 0.227 e. The summed E-state index contributed by atoms with van der Waals surface area (Å²) in [5.74, 6) is 1.28. The van der Waals surface area contributed by atoms with Crippen LogP contribution in [0.2, 0.25) is 0 Å². The number of amides is 1. The fraction of sp³-hybridized carbons (Fsp3) is 0.176. The number of nitrogens with zero attached hydrogens (tertiary/aromatic N) is 4. The van der Waals surface area contributed by atoms with Gasteiger partial charge in [-0.3, -0.25) is 4.79 Å². The highest BCUT2D eigenvalue weighted by molar-refractivity contribution is 5.91. The van der Waals surface area contributed by atoms with Gasteiger partial charge in [0.1, 0.15) is 5.75 Å². The Labute approximate surface area is 139 Å². The van der Waals surface area contributed by atoms with Crippen LogP contribution in [-0.4, -0.2) is 32.7 Å². The summed E-state index contributed by atoms with van der Waals surface area (Å²) < 4.78 is 7.10. The zero-order valence-electron chi connectivity index (χ0n) is 13.2. The van der Waals surface area contributed by atoms with E-state index in [4.69, 9.17) is 4.74 Å². The number of hydrogen-bond donors (Lipinski definition) is 1. The minimum absolute atomic E-state index is 0.112. The Kier molecular flexibility index (Phi) is 4.81. The van der Waals surface area contributed by atoms with Crippen LogP contribution >= 0.6 is 0 Å². The Morgan fingerprint density at radius 3 is 2.75 bits per heavy atom. The summed E-state index contributed by atoms with van der Waals surface area (Å²) >= 11 is 0. The predicted molar refractivity (Wildman–Crippen MR) is 89.4 cm³/mol. The zero-order valence-corrected chi connectivity index (χ0v) is 13.2. The van der Waals surface area contributed by atoms with Gasteiger partial charge < -0.3 is 10.1 Å². The lowest BCUT2D eigenvalue weighted by Gasteiger charge is -2.08. The standard InChI is InChI=1S/C17H17N5O2/c1-22-17(19-20-21-22)13-6-5-7-14(12-13)18-16(23)10-11-24-15-8-3-2-4-9-15/h2-9,12H,10-11H2,1H3,(H,18,23). The number of rotatable bonds is 6. The van der Waals surface area contributed by atoms with Crippen LogP contribution in [0.25, 0.3) is 11.4 Å². The third-order valence-corrected chi connectivity index (χ3v) is 3.37. The molecule has 0 fully saturated rings. The van der Waals surface area contributed by atoms with Gasteiger partial charge >= 0.3 is 0 Å². The van der Waals surface area contributed by atoms with Gasteiger partial charge in [0.05, 0.1) is 13.0 Å². The molecule has 0 atom stereocenters. The molecule has 1 heterocycles. The minimum Gasteiger partial charge on any atom is -0.493 e. The molecule has 0 saturated heterocycles. The van der Waals surface area contributed by atoms with Crippen LogP contribution in [0.15, 0.2) is 54.6 Å². The number of para-hydroxylation sites is 1. The van der Waals surface area contributed by atoms with Crippen LogP contribution in [0.4, 0.5) is 5.69 Å². The van der Waals surface area contributed by atoms with Gasteiger partial charge in [0.25, 0.3) is 0 Å². The molecule has 7 nitrogen and oxygen atoms in total. The molecule has 3 rings (SSSR count). The van der Waals surface area contributed by atoms with E-state index in [0.29, 0.717) is 18.1 Å². The van der Waals surface area contributed by atoms with E-state index >= 15 is 0 Å². The highest BCUT2D eigenvalue weighted by atomic mass is 16.5. The molecule has 122 valence electrons. The topological polar surface area (TPSA) is 81.9 Å². The van der Waals surface area contributed by atoms with Crippen LogP contribution in [0.1, 0.15) is 6.42 Å². The molecular formula is C17H17N5O2. The maximum absolute atomic E-state index is 12.0. The van der Waals surface area contributed by atoms with Crippen molar-refractivity contribution in [1.82, 2.24) is 20.2 Å². The number of hydrogen-bond acceptors (Lipinski definition) is 5. The largest absolute Gasteiger partial charge is 0.493 e. The summed E-state index contributed by atoms with van der Waals surface area (Å²) in [6.45, 7) is 0.322. The highest BCUT2D eigenvalue weighted by Crippen LogP contribution is 2.19. The summed E-state index contributed by atoms with van der Waals surface area (Å²) in [5.41, 5.74) is 1.53. The average molecular weight is 323 g/mol. The molecule has 7 heteroatoms. The van der Waals surface area contributed by atoms with E-state index in [2.05, 4.69) is 20.8 Å². The summed E-state index contributed by atoms with van der Waals surface area (Å²) in [6, 6.07) is 16.8. The van der Waals surface area contributed by atoms with Crippen molar-refractivity contribution >= 4 is 11.6 Å². The fourth-order valence-corrected chi connectivity index (χ4v) is 2.21. The molecule has 0 spiro atoms. The van der Waals surface area contributed by atoms with Gasteiger partial charge in [-0.2, -0.15) is 0 Å². The number of aryl methyl sites for hydroxylation is 1. The first kappa shape index (κ1) is 15.7. The third-order valence-electron chi connectivity index (χ3n) is 3.37. The summed E-state index contributed by atoms with van der Waals surface area (Å²) in [7, 11) is 1.77.